The van der Waals surface area contributed by atoms with Crippen molar-refractivity contribution in [2.24, 2.45) is 7.05 Å². The van der Waals surface area contributed by atoms with Crippen LogP contribution in [0.3, 0.4) is 0 Å². The van der Waals surface area contributed by atoms with Gasteiger partial charge in [0.2, 0.25) is 0 Å². The second-order valence-corrected chi connectivity index (χ2v) is 3.76. The number of nitrogens with zero attached hydrogens (tertiary/aromatic N) is 3. The van der Waals surface area contributed by atoms with Gasteiger partial charge in [-0.05, 0) is 22.0 Å². The molecule has 2 aromatic heterocycles. The van der Waals surface area contributed by atoms with E-state index in [4.69, 9.17) is 0 Å². The summed E-state index contributed by atoms with van der Waals surface area (Å²) < 4.78 is 2.33. The molecule has 14 heavy (non-hydrogen) atoms. The van der Waals surface area contributed by atoms with E-state index in [0.717, 1.165) is 11.3 Å². The summed E-state index contributed by atoms with van der Waals surface area (Å²) >= 11 is 3.25. The van der Waals surface area contributed by atoms with Crippen LogP contribution in [0.2, 0.25) is 0 Å². The molecular formula is C8H9BrN4O. The third kappa shape index (κ3) is 1.58. The van der Waals surface area contributed by atoms with Gasteiger partial charge >= 0.3 is 0 Å². The lowest BCUT2D eigenvalue weighted by molar-refractivity contribution is 0.210. The monoisotopic (exact) mass is 256 g/mol. The van der Waals surface area contributed by atoms with Crippen molar-refractivity contribution in [3.63, 3.8) is 0 Å². The van der Waals surface area contributed by atoms with E-state index in [1.807, 2.05) is 0 Å². The molecule has 0 aliphatic carbocycles. The fraction of sp³-hybridized carbons (Fsp3) is 0.250. The highest BCUT2D eigenvalue weighted by molar-refractivity contribution is 9.10. The Morgan fingerprint density at radius 2 is 2.43 bits per heavy atom. The van der Waals surface area contributed by atoms with Crippen molar-refractivity contribution in [1.29, 1.82) is 0 Å². The van der Waals surface area contributed by atoms with Crippen molar-refractivity contribution in [2.45, 2.75) is 6.10 Å². The molecule has 0 aliphatic rings. The third-order valence-electron chi connectivity index (χ3n) is 2.00. The summed E-state index contributed by atoms with van der Waals surface area (Å²) in [5, 5.41) is 20.5. The van der Waals surface area contributed by atoms with E-state index in [1.165, 1.54) is 0 Å². The van der Waals surface area contributed by atoms with Gasteiger partial charge in [-0.2, -0.15) is 10.2 Å². The molecule has 74 valence electrons. The number of hydrogen-bond acceptors (Lipinski definition) is 3. The Kier molecular flexibility index (Phi) is 2.39. The zero-order chi connectivity index (χ0) is 10.1. The molecule has 0 bridgehead atoms. The fourth-order valence-corrected chi connectivity index (χ4v) is 1.75. The number of hydrogen-bond donors (Lipinski definition) is 2. The van der Waals surface area contributed by atoms with Crippen LogP contribution >= 0.6 is 15.9 Å². The van der Waals surface area contributed by atoms with Crippen molar-refractivity contribution in [2.75, 3.05) is 0 Å². The fourth-order valence-electron chi connectivity index (χ4n) is 1.28. The van der Waals surface area contributed by atoms with Crippen LogP contribution in [-0.2, 0) is 7.05 Å². The zero-order valence-corrected chi connectivity index (χ0v) is 9.06. The Bertz CT molecular complexity index is 422. The van der Waals surface area contributed by atoms with E-state index in [2.05, 4.69) is 31.2 Å². The number of aliphatic hydroxyl groups is 1. The highest BCUT2D eigenvalue weighted by Crippen LogP contribution is 2.22. The molecule has 5 nitrogen and oxygen atoms in total. The summed E-state index contributed by atoms with van der Waals surface area (Å²) in [6.07, 6.45) is 2.55. The van der Waals surface area contributed by atoms with Gasteiger partial charge in [-0.3, -0.25) is 9.78 Å². The molecule has 0 amide bonds. The van der Waals surface area contributed by atoms with Gasteiger partial charge < -0.3 is 5.11 Å². The molecule has 2 N–H and O–H groups in total. The Morgan fingerprint density at radius 3 is 2.93 bits per heavy atom. The van der Waals surface area contributed by atoms with E-state index in [0.29, 0.717) is 4.60 Å². The van der Waals surface area contributed by atoms with Crippen LogP contribution in [0.4, 0.5) is 0 Å². The van der Waals surface area contributed by atoms with Crippen molar-refractivity contribution in [3.05, 3.63) is 34.3 Å². The average Bonchev–Trinajstić information content (AvgIpc) is 2.73. The van der Waals surface area contributed by atoms with Crippen LogP contribution in [0.15, 0.2) is 23.1 Å². The van der Waals surface area contributed by atoms with Gasteiger partial charge in [0, 0.05) is 18.8 Å². The summed E-state index contributed by atoms with van der Waals surface area (Å²) in [6, 6.07) is 1.78. The second-order valence-electron chi connectivity index (χ2n) is 2.95. The van der Waals surface area contributed by atoms with Crippen LogP contribution in [0, 0.1) is 0 Å². The van der Waals surface area contributed by atoms with Gasteiger partial charge in [0.1, 0.15) is 10.7 Å². The molecule has 1 atom stereocenters. The Morgan fingerprint density at radius 1 is 1.64 bits per heavy atom. The van der Waals surface area contributed by atoms with Gasteiger partial charge in [-0.1, -0.05) is 0 Å². The number of nitrogens with one attached hydrogen (secondary N) is 1. The molecule has 2 rings (SSSR count). The molecular weight excluding hydrogens is 248 g/mol. The maximum absolute atomic E-state index is 9.93. The van der Waals surface area contributed by atoms with Crippen LogP contribution in [0.1, 0.15) is 17.4 Å². The normalized spacial score (nSPS) is 13.1. The van der Waals surface area contributed by atoms with Crippen LogP contribution in [-0.4, -0.2) is 25.1 Å². The Balaban J connectivity index is 2.36. The van der Waals surface area contributed by atoms with Crippen molar-refractivity contribution >= 4 is 15.9 Å². The van der Waals surface area contributed by atoms with Crippen LogP contribution in [0.25, 0.3) is 0 Å². The molecule has 0 saturated carbocycles. The van der Waals surface area contributed by atoms with Gasteiger partial charge in [-0.25, -0.2) is 0 Å². The van der Waals surface area contributed by atoms with E-state index in [9.17, 15) is 5.11 Å². The first-order valence-corrected chi connectivity index (χ1v) is 4.84. The van der Waals surface area contributed by atoms with E-state index < -0.39 is 6.10 Å². The van der Waals surface area contributed by atoms with Crippen LogP contribution < -0.4 is 0 Å². The predicted octanol–water partition coefficient (Wildman–Crippen LogP) is 0.987. The lowest BCUT2D eigenvalue weighted by Crippen LogP contribution is -2.05. The summed E-state index contributed by atoms with van der Waals surface area (Å²) in [5.41, 5.74) is 1.44. The van der Waals surface area contributed by atoms with E-state index >= 15 is 0 Å². The molecule has 0 saturated heterocycles. The lowest BCUT2D eigenvalue weighted by Gasteiger charge is -2.07. The quantitative estimate of drug-likeness (QED) is 0.842. The van der Waals surface area contributed by atoms with Crippen LogP contribution in [0.5, 0.6) is 0 Å². The molecule has 0 fully saturated rings. The predicted molar refractivity (Wildman–Crippen MR) is 53.6 cm³/mol. The topological polar surface area (TPSA) is 66.7 Å². The highest BCUT2D eigenvalue weighted by Gasteiger charge is 2.16. The molecule has 0 aliphatic heterocycles. The summed E-state index contributed by atoms with van der Waals surface area (Å²) in [4.78, 5) is 0. The molecule has 2 aromatic rings. The van der Waals surface area contributed by atoms with Gasteiger partial charge in [-0.15, -0.1) is 0 Å². The first kappa shape index (κ1) is 9.42. The largest absolute Gasteiger partial charge is 0.382 e. The number of halogens is 1. The molecule has 1 unspecified atom stereocenters. The maximum Gasteiger partial charge on any atom is 0.128 e. The lowest BCUT2D eigenvalue weighted by atomic mass is 10.1. The number of aromatic amines is 1. The molecule has 2 heterocycles. The Labute approximate surface area is 88.9 Å². The first-order chi connectivity index (χ1) is 6.68. The zero-order valence-electron chi connectivity index (χ0n) is 7.48. The number of rotatable bonds is 2. The van der Waals surface area contributed by atoms with E-state index in [1.54, 1.807) is 30.2 Å². The highest BCUT2D eigenvalue weighted by atomic mass is 79.9. The van der Waals surface area contributed by atoms with Crippen molar-refractivity contribution in [3.8, 4) is 0 Å². The standard InChI is InChI=1S/C8H9BrN4O/c1-13-6(2-7(9)12-13)8(14)5-3-10-11-4-5/h2-4,8,14H,1H3,(H,10,11). The SMILES string of the molecule is Cn1nc(Br)cc1C(O)c1cn[nH]c1. The van der Waals surface area contributed by atoms with Gasteiger partial charge in [0.05, 0.1) is 11.9 Å². The average molecular weight is 257 g/mol. The minimum atomic E-state index is -0.697. The summed E-state index contributed by atoms with van der Waals surface area (Å²) in [6.45, 7) is 0. The molecule has 0 radical (unpaired) electrons. The molecule has 6 heteroatoms. The third-order valence-corrected chi connectivity index (χ3v) is 2.39. The van der Waals surface area contributed by atoms with E-state index in [-0.39, 0.29) is 0 Å². The second kappa shape index (κ2) is 3.55. The maximum atomic E-state index is 9.93. The smallest absolute Gasteiger partial charge is 0.128 e. The van der Waals surface area contributed by atoms with Gasteiger partial charge in [0.15, 0.2) is 0 Å². The summed E-state index contributed by atoms with van der Waals surface area (Å²) in [5.74, 6) is 0. The summed E-state index contributed by atoms with van der Waals surface area (Å²) in [7, 11) is 1.78. The number of aromatic nitrogens is 4. The number of aryl methyl sites for hydroxylation is 1. The number of H-pyrrole nitrogens is 1. The Hall–Kier alpha value is -1.14. The van der Waals surface area contributed by atoms with Gasteiger partial charge in [0.25, 0.3) is 0 Å². The molecule has 0 spiro atoms. The minimum absolute atomic E-state index is 0.697. The minimum Gasteiger partial charge on any atom is -0.382 e. The van der Waals surface area contributed by atoms with Crippen molar-refractivity contribution in [1.82, 2.24) is 20.0 Å². The first-order valence-electron chi connectivity index (χ1n) is 4.04. The van der Waals surface area contributed by atoms with Crippen molar-refractivity contribution < 1.29 is 5.11 Å². The number of aliphatic hydroxyl groups excluding tert-OH is 1. The molecule has 0 aromatic carbocycles.